The van der Waals surface area contributed by atoms with Crippen LogP contribution >= 0.6 is 0 Å². The van der Waals surface area contributed by atoms with Crippen LogP contribution in [0.4, 0.5) is 0 Å². The third-order valence-electron chi connectivity index (χ3n) is 13.8. The van der Waals surface area contributed by atoms with Gasteiger partial charge in [-0.1, -0.05) is 27.7 Å². The van der Waals surface area contributed by atoms with Crippen LogP contribution in [0.1, 0.15) is 108 Å². The van der Waals surface area contributed by atoms with Gasteiger partial charge < -0.3 is 62.6 Å². The van der Waals surface area contributed by atoms with Gasteiger partial charge in [-0.05, 0) is 101 Å². The van der Waals surface area contributed by atoms with Gasteiger partial charge in [0.25, 0.3) is 0 Å². The summed E-state index contributed by atoms with van der Waals surface area (Å²) in [6, 6.07) is -0.0694. The first-order valence-electron chi connectivity index (χ1n) is 22.2. The number of hydrogen-bond acceptors (Lipinski definition) is 16. The number of rotatable bonds is 14. The van der Waals surface area contributed by atoms with Crippen LogP contribution in [0.25, 0.3) is 0 Å². The summed E-state index contributed by atoms with van der Waals surface area (Å²) >= 11 is 0. The van der Waals surface area contributed by atoms with Crippen molar-refractivity contribution in [2.24, 2.45) is 23.7 Å². The molecule has 61 heavy (non-hydrogen) atoms. The Balaban J connectivity index is 2.23. The quantitative estimate of drug-likeness (QED) is 0.239. The third kappa shape index (κ3) is 12.7. The summed E-state index contributed by atoms with van der Waals surface area (Å²) in [7, 11) is 10.9. The summed E-state index contributed by atoms with van der Waals surface area (Å²) in [4.78, 5) is 45.3. The molecule has 0 aliphatic carbocycles. The molecule has 3 aliphatic rings. The number of methoxy groups -OCH3 is 3. The van der Waals surface area contributed by atoms with E-state index in [0.717, 1.165) is 19.5 Å². The Labute approximate surface area is 365 Å². The first-order valence-corrected chi connectivity index (χ1v) is 22.2. The molecule has 3 heterocycles. The summed E-state index contributed by atoms with van der Waals surface area (Å²) in [5, 5.41) is 23.4. The molecule has 18 atom stereocenters. The number of cyclic esters (lactones) is 1. The Morgan fingerprint density at radius 2 is 1.46 bits per heavy atom. The van der Waals surface area contributed by atoms with Gasteiger partial charge in [-0.25, -0.2) is 0 Å². The lowest BCUT2D eigenvalue weighted by atomic mass is 9.74. The maximum Gasteiger partial charge on any atom is 0.311 e. The number of aliphatic hydroxyl groups excluding tert-OH is 1. The molecule has 3 fully saturated rings. The first kappa shape index (κ1) is 53.5. The first-order chi connectivity index (χ1) is 28.3. The van der Waals surface area contributed by atoms with Gasteiger partial charge >= 0.3 is 11.9 Å². The van der Waals surface area contributed by atoms with Crippen LogP contribution in [0.3, 0.4) is 0 Å². The zero-order chi connectivity index (χ0) is 46.4. The standard InChI is InChI=1S/C45H82N2O14/c1-18-33-45(11,52)38(50)27(4)35(49)25(2)23-43(9,54-16)39(61-42-37(53-15)32(22-26(3)56-42)47(14)21-19-20-46(12)13)28(5)36(29(6)41(51)59-33)60-34-24-44(10,55-17)40(30(7)57-34)58-31(8)48/h25-30,32-34,36-40,42,50,52H,18-24H2,1-17H3/t25-,26-,27+,28+,29-,30+,32+,33-,34+,36+,37-,38-,39-,40+,42+,43+,44-,45-/m1/s1. The van der Waals surface area contributed by atoms with Gasteiger partial charge in [-0.3, -0.25) is 14.4 Å². The van der Waals surface area contributed by atoms with E-state index >= 15 is 0 Å². The molecule has 0 aromatic rings. The van der Waals surface area contributed by atoms with Crippen molar-refractivity contribution >= 4 is 17.7 Å². The highest BCUT2D eigenvalue weighted by Gasteiger charge is 2.55. The van der Waals surface area contributed by atoms with E-state index in [0.29, 0.717) is 6.42 Å². The summed E-state index contributed by atoms with van der Waals surface area (Å²) in [5.41, 5.74) is -4.24. The lowest BCUT2D eigenvalue weighted by Crippen LogP contribution is -2.62. The Hall–Kier alpha value is -1.83. The topological polar surface area (TPSA) is 181 Å². The fourth-order valence-electron chi connectivity index (χ4n) is 9.95. The van der Waals surface area contributed by atoms with Crippen molar-refractivity contribution < 1.29 is 67.2 Å². The third-order valence-corrected chi connectivity index (χ3v) is 13.8. The van der Waals surface area contributed by atoms with Crippen LogP contribution in [0.15, 0.2) is 0 Å². The molecule has 2 N–H and O–H groups in total. The number of nitrogens with zero attached hydrogens (tertiary/aromatic N) is 2. The van der Waals surface area contributed by atoms with Crippen molar-refractivity contribution in [3.05, 3.63) is 0 Å². The van der Waals surface area contributed by atoms with Crippen molar-refractivity contribution in [1.29, 1.82) is 0 Å². The highest BCUT2D eigenvalue weighted by atomic mass is 16.7. The second-order valence-corrected chi connectivity index (χ2v) is 19.1. The van der Waals surface area contributed by atoms with Crippen molar-refractivity contribution in [3.8, 4) is 0 Å². The van der Waals surface area contributed by atoms with E-state index in [1.807, 2.05) is 27.7 Å². The number of esters is 2. The molecular weight excluding hydrogens is 792 g/mol. The number of carbonyl (C=O) groups excluding carboxylic acids is 3. The molecule has 356 valence electrons. The van der Waals surface area contributed by atoms with Crippen LogP contribution in [0.5, 0.6) is 0 Å². The smallest absolute Gasteiger partial charge is 0.311 e. The zero-order valence-electron chi connectivity index (χ0n) is 40.3. The Bertz CT molecular complexity index is 1420. The minimum Gasteiger partial charge on any atom is -0.459 e. The van der Waals surface area contributed by atoms with E-state index in [4.69, 9.17) is 42.6 Å². The fourth-order valence-corrected chi connectivity index (χ4v) is 9.95. The molecule has 0 radical (unpaired) electrons. The summed E-state index contributed by atoms with van der Waals surface area (Å²) in [5.74, 6) is -4.91. The summed E-state index contributed by atoms with van der Waals surface area (Å²) in [6.07, 6.45) is -6.63. The molecular formula is C45H82N2O14. The van der Waals surface area contributed by atoms with Gasteiger partial charge in [0.2, 0.25) is 0 Å². The zero-order valence-corrected chi connectivity index (χ0v) is 40.3. The average Bonchev–Trinajstić information content (AvgIpc) is 3.19. The lowest BCUT2D eigenvalue weighted by Gasteiger charge is -2.50. The fraction of sp³-hybridized carbons (Fsp3) is 0.933. The molecule has 3 rings (SSSR count). The van der Waals surface area contributed by atoms with Crippen LogP contribution in [0.2, 0.25) is 0 Å². The molecule has 0 aromatic heterocycles. The summed E-state index contributed by atoms with van der Waals surface area (Å²) < 4.78 is 57.5. The molecule has 0 saturated carbocycles. The predicted octanol–water partition coefficient (Wildman–Crippen LogP) is 3.99. The van der Waals surface area contributed by atoms with E-state index in [-0.39, 0.29) is 37.2 Å². The molecule has 3 saturated heterocycles. The summed E-state index contributed by atoms with van der Waals surface area (Å²) in [6.45, 7) is 20.6. The van der Waals surface area contributed by atoms with Crippen LogP contribution in [-0.2, 0) is 57.0 Å². The van der Waals surface area contributed by atoms with Crippen molar-refractivity contribution in [3.63, 3.8) is 0 Å². The van der Waals surface area contributed by atoms with Gasteiger partial charge in [0.1, 0.15) is 29.2 Å². The van der Waals surface area contributed by atoms with Gasteiger partial charge in [0, 0.05) is 58.5 Å². The Kier molecular flexibility index (Phi) is 19.6. The molecule has 0 unspecified atom stereocenters. The number of Topliss-reactive ketones (excluding diaryl/α,β-unsaturated/α-hetero) is 1. The largest absolute Gasteiger partial charge is 0.459 e. The number of hydrogen-bond donors (Lipinski definition) is 2. The molecule has 16 heteroatoms. The average molecular weight is 875 g/mol. The van der Waals surface area contributed by atoms with Crippen molar-refractivity contribution in [1.82, 2.24) is 9.80 Å². The maximum atomic E-state index is 14.5. The molecule has 0 aromatic carbocycles. The van der Waals surface area contributed by atoms with Gasteiger partial charge in [0.05, 0.1) is 42.0 Å². The number of aliphatic hydroxyl groups is 2. The Morgan fingerprint density at radius 1 is 0.852 bits per heavy atom. The monoisotopic (exact) mass is 875 g/mol. The molecule has 3 aliphatic heterocycles. The van der Waals surface area contributed by atoms with Crippen LogP contribution in [0, 0.1) is 23.7 Å². The van der Waals surface area contributed by atoms with Gasteiger partial charge in [-0.15, -0.1) is 0 Å². The lowest BCUT2D eigenvalue weighted by molar-refractivity contribution is -0.322. The number of carbonyl (C=O) groups is 3. The highest BCUT2D eigenvalue weighted by Crippen LogP contribution is 2.42. The molecule has 0 amide bonds. The number of ether oxygens (including phenoxy) is 9. The SMILES string of the molecule is CC[C@H]1OC(=O)[C@H](C)[C@@H](O[C@H]2C[C@@](C)(OC)[C@@H](OC(C)=O)[C@H](C)O2)[C@H](C)[C@@H](O[C@@H]2O[C@H](C)C[C@H](N(C)CCCN(C)C)[C@H]2OC)[C@@](C)(OC)C[C@@H](C)C(=O)[C@H](C)[C@@H](O)[C@]1(C)O. The van der Waals surface area contributed by atoms with Crippen molar-refractivity contribution in [2.75, 3.05) is 55.6 Å². The van der Waals surface area contributed by atoms with E-state index in [1.165, 1.54) is 21.0 Å². The minimum atomic E-state index is -1.98. The van der Waals surface area contributed by atoms with Crippen molar-refractivity contribution in [2.45, 2.75) is 193 Å². The highest BCUT2D eigenvalue weighted by molar-refractivity contribution is 5.83. The molecule has 16 nitrogen and oxygen atoms in total. The van der Waals surface area contributed by atoms with Crippen LogP contribution in [-0.4, -0.2) is 178 Å². The number of ketones is 1. The number of likely N-dealkylation sites (N-methyl/N-ethyl adjacent to an activating group) is 1. The predicted molar refractivity (Wildman–Crippen MR) is 227 cm³/mol. The van der Waals surface area contributed by atoms with E-state index in [1.54, 1.807) is 48.8 Å². The second kappa shape index (κ2) is 22.4. The molecule has 0 spiro atoms. The molecule has 0 bridgehead atoms. The van der Waals surface area contributed by atoms with Gasteiger partial charge in [0.15, 0.2) is 18.7 Å². The van der Waals surface area contributed by atoms with E-state index in [9.17, 15) is 24.6 Å². The maximum absolute atomic E-state index is 14.5. The minimum absolute atomic E-state index is 0.0694. The van der Waals surface area contributed by atoms with Gasteiger partial charge in [-0.2, -0.15) is 0 Å². The van der Waals surface area contributed by atoms with E-state index < -0.39 is 108 Å². The Morgan fingerprint density at radius 3 is 2.00 bits per heavy atom. The normalized spacial score (nSPS) is 43.5. The van der Waals surface area contributed by atoms with Crippen LogP contribution < -0.4 is 0 Å². The second-order valence-electron chi connectivity index (χ2n) is 19.1. The van der Waals surface area contributed by atoms with E-state index in [2.05, 4.69) is 30.9 Å².